The summed E-state index contributed by atoms with van der Waals surface area (Å²) in [5.74, 6) is -0.0700. The fourth-order valence-corrected chi connectivity index (χ4v) is 1.58. The quantitative estimate of drug-likeness (QED) is 0.637. The van der Waals surface area contributed by atoms with Crippen LogP contribution in [0.4, 0.5) is 5.69 Å². The highest BCUT2D eigenvalue weighted by molar-refractivity contribution is 5.81. The molecule has 6 heteroatoms. The number of benzene rings is 1. The lowest BCUT2D eigenvalue weighted by atomic mass is 10.1. The van der Waals surface area contributed by atoms with Crippen molar-refractivity contribution in [1.29, 1.82) is 0 Å². The maximum absolute atomic E-state index is 11.9. The van der Waals surface area contributed by atoms with E-state index in [-0.39, 0.29) is 23.2 Å². The summed E-state index contributed by atoms with van der Waals surface area (Å²) in [6.45, 7) is 8.04. The molecule has 0 spiro atoms. The second-order valence-electron chi connectivity index (χ2n) is 5.77. The molecular weight excluding hydrogens is 258 g/mol. The Labute approximate surface area is 118 Å². The Morgan fingerprint density at radius 3 is 2.30 bits per heavy atom. The molecular formula is C14H21N3O3. The van der Waals surface area contributed by atoms with Gasteiger partial charge in [0.2, 0.25) is 5.91 Å². The molecule has 1 rings (SSSR count). The Kier molecular flexibility index (Phi) is 5.21. The standard InChI is InChI=1S/C14H21N3O3/c1-10(13(18)16-14(2,3)4)15-9-11-5-7-12(8-6-11)17(19)20/h5-8,10,15H,9H2,1-4H3,(H,16,18). The Bertz CT molecular complexity index is 477. The largest absolute Gasteiger partial charge is 0.350 e. The minimum Gasteiger partial charge on any atom is -0.350 e. The first kappa shape index (κ1) is 16.1. The third kappa shape index (κ3) is 5.36. The minimum absolute atomic E-state index is 0.0623. The fraction of sp³-hybridized carbons (Fsp3) is 0.500. The van der Waals surface area contributed by atoms with Crippen molar-refractivity contribution in [1.82, 2.24) is 10.6 Å². The summed E-state index contributed by atoms with van der Waals surface area (Å²) < 4.78 is 0. The Hall–Kier alpha value is -1.95. The summed E-state index contributed by atoms with van der Waals surface area (Å²) in [4.78, 5) is 22.0. The molecule has 1 atom stereocenters. The molecule has 0 aliphatic heterocycles. The number of nitro groups is 1. The molecule has 1 unspecified atom stereocenters. The van der Waals surface area contributed by atoms with E-state index >= 15 is 0 Å². The van der Waals surface area contributed by atoms with Gasteiger partial charge in [0.05, 0.1) is 11.0 Å². The summed E-state index contributed by atoms with van der Waals surface area (Å²) in [5, 5.41) is 16.5. The number of hydrogen-bond donors (Lipinski definition) is 2. The predicted molar refractivity (Wildman–Crippen MR) is 77.3 cm³/mol. The van der Waals surface area contributed by atoms with E-state index in [4.69, 9.17) is 0 Å². The van der Waals surface area contributed by atoms with Crippen LogP contribution in [0.2, 0.25) is 0 Å². The second kappa shape index (κ2) is 6.47. The number of hydrogen-bond acceptors (Lipinski definition) is 4. The van der Waals surface area contributed by atoms with Crippen LogP contribution in [0, 0.1) is 10.1 Å². The molecule has 1 aromatic carbocycles. The lowest BCUT2D eigenvalue weighted by Crippen LogP contribution is -2.49. The van der Waals surface area contributed by atoms with Crippen LogP contribution in [0.5, 0.6) is 0 Å². The van der Waals surface area contributed by atoms with Gasteiger partial charge in [-0.2, -0.15) is 0 Å². The highest BCUT2D eigenvalue weighted by atomic mass is 16.6. The molecule has 0 fully saturated rings. The van der Waals surface area contributed by atoms with Gasteiger partial charge >= 0.3 is 0 Å². The molecule has 0 bridgehead atoms. The van der Waals surface area contributed by atoms with Crippen LogP contribution < -0.4 is 10.6 Å². The Morgan fingerprint density at radius 2 is 1.85 bits per heavy atom. The molecule has 20 heavy (non-hydrogen) atoms. The van der Waals surface area contributed by atoms with Crippen LogP contribution in [0.3, 0.4) is 0 Å². The van der Waals surface area contributed by atoms with Crippen LogP contribution in [-0.2, 0) is 11.3 Å². The third-order valence-electron chi connectivity index (χ3n) is 2.65. The first-order chi connectivity index (χ1) is 9.19. The SMILES string of the molecule is CC(NCc1ccc([N+](=O)[O-])cc1)C(=O)NC(C)(C)C. The van der Waals surface area contributed by atoms with Crippen molar-refractivity contribution in [3.8, 4) is 0 Å². The number of carbonyl (C=O) groups is 1. The van der Waals surface area contributed by atoms with E-state index in [0.717, 1.165) is 5.56 Å². The number of nitro benzene ring substituents is 1. The lowest BCUT2D eigenvalue weighted by Gasteiger charge is -2.23. The van der Waals surface area contributed by atoms with Crippen molar-refractivity contribution < 1.29 is 9.72 Å². The van der Waals surface area contributed by atoms with E-state index in [2.05, 4.69) is 10.6 Å². The first-order valence-corrected chi connectivity index (χ1v) is 6.48. The lowest BCUT2D eigenvalue weighted by molar-refractivity contribution is -0.384. The van der Waals surface area contributed by atoms with Crippen LogP contribution in [0.25, 0.3) is 0 Å². The van der Waals surface area contributed by atoms with Gasteiger partial charge in [-0.25, -0.2) is 0 Å². The van der Waals surface area contributed by atoms with Gasteiger partial charge in [0.1, 0.15) is 0 Å². The van der Waals surface area contributed by atoms with Crippen LogP contribution in [0.15, 0.2) is 24.3 Å². The molecule has 0 saturated carbocycles. The average molecular weight is 279 g/mol. The summed E-state index contributed by atoms with van der Waals surface area (Å²) >= 11 is 0. The molecule has 1 amide bonds. The average Bonchev–Trinajstić information content (AvgIpc) is 2.34. The molecule has 0 aromatic heterocycles. The molecule has 0 aliphatic rings. The number of rotatable bonds is 5. The van der Waals surface area contributed by atoms with Crippen molar-refractivity contribution >= 4 is 11.6 Å². The predicted octanol–water partition coefficient (Wildman–Crippen LogP) is 1.99. The van der Waals surface area contributed by atoms with E-state index in [1.54, 1.807) is 19.1 Å². The maximum atomic E-state index is 11.9. The Balaban J connectivity index is 2.50. The van der Waals surface area contributed by atoms with Crippen LogP contribution in [-0.4, -0.2) is 22.4 Å². The molecule has 6 nitrogen and oxygen atoms in total. The van der Waals surface area contributed by atoms with Crippen LogP contribution >= 0.6 is 0 Å². The van der Waals surface area contributed by atoms with E-state index in [0.29, 0.717) is 6.54 Å². The fourth-order valence-electron chi connectivity index (χ4n) is 1.58. The number of carbonyl (C=O) groups excluding carboxylic acids is 1. The number of non-ortho nitro benzene ring substituents is 1. The van der Waals surface area contributed by atoms with Crippen molar-refractivity contribution in [3.63, 3.8) is 0 Å². The van der Waals surface area contributed by atoms with Gasteiger partial charge in [-0.1, -0.05) is 12.1 Å². The van der Waals surface area contributed by atoms with Crippen molar-refractivity contribution in [2.45, 2.75) is 45.8 Å². The maximum Gasteiger partial charge on any atom is 0.269 e. The molecule has 0 saturated heterocycles. The molecule has 0 aliphatic carbocycles. The molecule has 110 valence electrons. The molecule has 0 heterocycles. The second-order valence-corrected chi connectivity index (χ2v) is 5.77. The summed E-state index contributed by atoms with van der Waals surface area (Å²) in [7, 11) is 0. The van der Waals surface area contributed by atoms with Crippen molar-refractivity contribution in [2.75, 3.05) is 0 Å². The van der Waals surface area contributed by atoms with Gasteiger partial charge in [0.15, 0.2) is 0 Å². The van der Waals surface area contributed by atoms with Gasteiger partial charge < -0.3 is 10.6 Å². The highest BCUT2D eigenvalue weighted by Crippen LogP contribution is 2.11. The summed E-state index contributed by atoms with van der Waals surface area (Å²) in [5.41, 5.74) is 0.693. The van der Waals surface area contributed by atoms with Gasteiger partial charge in [-0.3, -0.25) is 14.9 Å². The summed E-state index contributed by atoms with van der Waals surface area (Å²) in [6, 6.07) is 5.94. The molecule has 2 N–H and O–H groups in total. The topological polar surface area (TPSA) is 84.3 Å². The summed E-state index contributed by atoms with van der Waals surface area (Å²) in [6.07, 6.45) is 0. The minimum atomic E-state index is -0.434. The van der Waals surface area contributed by atoms with Crippen molar-refractivity contribution in [3.05, 3.63) is 39.9 Å². The molecule has 1 aromatic rings. The van der Waals surface area contributed by atoms with E-state index in [1.807, 2.05) is 20.8 Å². The van der Waals surface area contributed by atoms with E-state index < -0.39 is 4.92 Å². The third-order valence-corrected chi connectivity index (χ3v) is 2.65. The van der Waals surface area contributed by atoms with Gasteiger partial charge in [-0.15, -0.1) is 0 Å². The normalized spacial score (nSPS) is 12.8. The smallest absolute Gasteiger partial charge is 0.269 e. The van der Waals surface area contributed by atoms with Gasteiger partial charge in [0.25, 0.3) is 5.69 Å². The van der Waals surface area contributed by atoms with Gasteiger partial charge in [-0.05, 0) is 33.3 Å². The van der Waals surface area contributed by atoms with Crippen LogP contribution in [0.1, 0.15) is 33.3 Å². The first-order valence-electron chi connectivity index (χ1n) is 6.48. The number of amides is 1. The number of nitrogens with zero attached hydrogens (tertiary/aromatic N) is 1. The van der Waals surface area contributed by atoms with E-state index in [9.17, 15) is 14.9 Å². The zero-order valence-corrected chi connectivity index (χ0v) is 12.3. The van der Waals surface area contributed by atoms with E-state index in [1.165, 1.54) is 12.1 Å². The zero-order valence-electron chi connectivity index (χ0n) is 12.3. The molecule has 0 radical (unpaired) electrons. The van der Waals surface area contributed by atoms with Gasteiger partial charge in [0, 0.05) is 24.2 Å². The van der Waals surface area contributed by atoms with Crippen molar-refractivity contribution in [2.24, 2.45) is 0 Å². The number of nitrogens with one attached hydrogen (secondary N) is 2. The monoisotopic (exact) mass is 279 g/mol. The zero-order chi connectivity index (χ0) is 15.3. The highest BCUT2D eigenvalue weighted by Gasteiger charge is 2.18. The Morgan fingerprint density at radius 1 is 1.30 bits per heavy atom.